The predicted octanol–water partition coefficient (Wildman–Crippen LogP) is 4.00. The lowest BCUT2D eigenvalue weighted by Gasteiger charge is -2.29. The Balaban J connectivity index is 1.49. The number of hydrogen-bond acceptors (Lipinski definition) is 6. The molecule has 0 spiro atoms. The van der Waals surface area contributed by atoms with Crippen molar-refractivity contribution in [2.45, 2.75) is 31.8 Å². The number of anilines is 2. The van der Waals surface area contributed by atoms with Crippen molar-refractivity contribution in [2.24, 2.45) is 5.92 Å². The molecule has 3 N–H and O–H groups in total. The van der Waals surface area contributed by atoms with Gasteiger partial charge in [0, 0.05) is 49.0 Å². The number of nitrogens with one attached hydrogen (secondary N) is 2. The smallest absolute Gasteiger partial charge is 0.337 e. The fourth-order valence-corrected chi connectivity index (χ4v) is 5.11. The van der Waals surface area contributed by atoms with Crippen LogP contribution in [0.15, 0.2) is 60.8 Å². The maximum Gasteiger partial charge on any atom is 0.337 e. The number of rotatable bonds is 7. The van der Waals surface area contributed by atoms with Gasteiger partial charge in [0.25, 0.3) is 5.91 Å². The van der Waals surface area contributed by atoms with Gasteiger partial charge in [-0.05, 0) is 60.9 Å². The van der Waals surface area contributed by atoms with Crippen LogP contribution in [0.4, 0.5) is 11.4 Å². The molecule has 10 nitrogen and oxygen atoms in total. The van der Waals surface area contributed by atoms with Crippen LogP contribution in [-0.4, -0.2) is 57.9 Å². The van der Waals surface area contributed by atoms with Crippen LogP contribution in [0, 0.1) is 5.92 Å². The van der Waals surface area contributed by atoms with E-state index in [0.717, 1.165) is 0 Å². The van der Waals surface area contributed by atoms with Crippen LogP contribution >= 0.6 is 11.6 Å². The van der Waals surface area contributed by atoms with Gasteiger partial charge in [-0.3, -0.25) is 19.4 Å². The summed E-state index contributed by atoms with van der Waals surface area (Å²) < 4.78 is 5.32. The van der Waals surface area contributed by atoms with Gasteiger partial charge in [-0.1, -0.05) is 23.7 Å². The van der Waals surface area contributed by atoms with Crippen molar-refractivity contribution >= 4 is 46.7 Å². The quantitative estimate of drug-likeness (QED) is 0.395. The summed E-state index contributed by atoms with van der Waals surface area (Å²) >= 11 is 6.14. The number of carboxylic acid groups (broad SMARTS) is 1. The lowest BCUT2D eigenvalue weighted by molar-refractivity contribution is -0.122. The Bertz CT molecular complexity index is 1460. The monoisotopic (exact) mass is 562 g/mol. The molecule has 1 saturated heterocycles. The van der Waals surface area contributed by atoms with Gasteiger partial charge in [-0.15, -0.1) is 0 Å². The summed E-state index contributed by atoms with van der Waals surface area (Å²) in [7, 11) is 0. The van der Waals surface area contributed by atoms with Crippen LogP contribution < -0.4 is 10.6 Å². The molecule has 40 heavy (non-hydrogen) atoms. The van der Waals surface area contributed by atoms with E-state index < -0.39 is 23.8 Å². The third kappa shape index (κ3) is 5.98. The first-order valence-electron chi connectivity index (χ1n) is 12.9. The minimum absolute atomic E-state index is 0.0220. The largest absolute Gasteiger partial charge is 0.478 e. The van der Waals surface area contributed by atoms with Crippen LogP contribution in [-0.2, 0) is 27.3 Å². The highest BCUT2D eigenvalue weighted by molar-refractivity contribution is 6.31. The fourth-order valence-electron chi connectivity index (χ4n) is 4.93. The number of benzene rings is 2. The van der Waals surface area contributed by atoms with E-state index in [4.69, 9.17) is 16.3 Å². The summed E-state index contributed by atoms with van der Waals surface area (Å²) in [4.78, 5) is 57.9. The SMILES string of the molecule is O=C(O)c1ccc(CN2C(=O)c3ccc(Cl)cc3NC(=O)C2Cc2ccccn2)cc1NC(=O)C1CCOCC1. The van der Waals surface area contributed by atoms with Crippen LogP contribution in [0.3, 0.4) is 0 Å². The van der Waals surface area contributed by atoms with Crippen molar-refractivity contribution < 1.29 is 29.0 Å². The highest BCUT2D eigenvalue weighted by Crippen LogP contribution is 2.30. The van der Waals surface area contributed by atoms with Crippen LogP contribution in [0.1, 0.15) is 44.8 Å². The Kier molecular flexibility index (Phi) is 8.09. The Morgan fingerprint density at radius 3 is 2.62 bits per heavy atom. The predicted molar refractivity (Wildman–Crippen MR) is 147 cm³/mol. The molecule has 3 amide bonds. The molecule has 3 heterocycles. The second-order valence-electron chi connectivity index (χ2n) is 9.71. The molecule has 1 aromatic heterocycles. The normalized spacial score (nSPS) is 17.5. The van der Waals surface area contributed by atoms with Crippen LogP contribution in [0.2, 0.25) is 5.02 Å². The number of halogens is 1. The lowest BCUT2D eigenvalue weighted by Crippen LogP contribution is -2.46. The van der Waals surface area contributed by atoms with Gasteiger partial charge < -0.3 is 25.4 Å². The van der Waals surface area contributed by atoms with Gasteiger partial charge in [0.1, 0.15) is 6.04 Å². The molecule has 2 aliphatic rings. The van der Waals surface area contributed by atoms with E-state index in [2.05, 4.69) is 15.6 Å². The number of carbonyl (C=O) groups excluding carboxylic acids is 3. The zero-order valence-corrected chi connectivity index (χ0v) is 22.2. The van der Waals surface area contributed by atoms with E-state index in [1.54, 1.807) is 42.6 Å². The number of fused-ring (bicyclic) bond motifs is 1. The third-order valence-corrected chi connectivity index (χ3v) is 7.29. The van der Waals surface area contributed by atoms with Crippen LogP contribution in [0.5, 0.6) is 0 Å². The summed E-state index contributed by atoms with van der Waals surface area (Å²) in [6.07, 6.45) is 2.86. The molecule has 2 aliphatic heterocycles. The summed E-state index contributed by atoms with van der Waals surface area (Å²) in [5.41, 5.74) is 1.79. The number of pyridine rings is 1. The number of ether oxygens (including phenoxy) is 1. The van der Waals surface area contributed by atoms with Crippen molar-refractivity contribution in [3.63, 3.8) is 0 Å². The summed E-state index contributed by atoms with van der Waals surface area (Å²) in [6.45, 7) is 0.909. The standard InChI is InChI=1S/C29H27ClN4O6/c30-19-5-7-21-24(14-19)33-27(36)25(15-20-3-1-2-10-31-20)34(28(21)37)16-17-4-6-22(29(38)39)23(13-17)32-26(35)18-8-11-40-12-9-18/h1-7,10,13-14,18,25H,8-9,11-12,15-16H2,(H,32,35)(H,33,36)(H,38,39). The van der Waals surface area contributed by atoms with E-state index in [1.807, 2.05) is 0 Å². The zero-order valence-electron chi connectivity index (χ0n) is 21.4. The van der Waals surface area contributed by atoms with Gasteiger partial charge in [-0.2, -0.15) is 0 Å². The number of hydrogen-bond donors (Lipinski definition) is 3. The van der Waals surface area contributed by atoms with E-state index in [1.165, 1.54) is 23.1 Å². The second kappa shape index (κ2) is 11.8. The molecule has 2 aromatic carbocycles. The Hall–Kier alpha value is -4.28. The molecule has 3 aromatic rings. The number of carbonyl (C=O) groups is 4. The summed E-state index contributed by atoms with van der Waals surface area (Å²) in [5, 5.41) is 15.7. The number of carboxylic acids is 1. The second-order valence-corrected chi connectivity index (χ2v) is 10.2. The molecule has 0 bridgehead atoms. The summed E-state index contributed by atoms with van der Waals surface area (Å²) in [5.74, 6) is -2.58. The molecule has 1 unspecified atom stereocenters. The van der Waals surface area contributed by atoms with Gasteiger partial charge in [0.05, 0.1) is 22.5 Å². The topological polar surface area (TPSA) is 138 Å². The maximum atomic E-state index is 13.8. The van der Waals surface area contributed by atoms with Gasteiger partial charge >= 0.3 is 5.97 Å². The first-order valence-corrected chi connectivity index (χ1v) is 13.2. The number of amides is 3. The van der Waals surface area contributed by atoms with Crippen LogP contribution in [0.25, 0.3) is 0 Å². The molecule has 0 saturated carbocycles. The van der Waals surface area contributed by atoms with Gasteiger partial charge in [-0.25, -0.2) is 4.79 Å². The molecule has 5 rings (SSSR count). The first-order chi connectivity index (χ1) is 19.3. The Morgan fingerprint density at radius 1 is 1.10 bits per heavy atom. The van der Waals surface area contributed by atoms with Crippen molar-refractivity contribution in [1.82, 2.24) is 9.88 Å². The van der Waals surface area contributed by atoms with Crippen molar-refractivity contribution in [3.05, 3.63) is 88.2 Å². The first kappa shape index (κ1) is 27.3. The average Bonchev–Trinajstić information content (AvgIpc) is 3.04. The lowest BCUT2D eigenvalue weighted by atomic mass is 9.98. The van der Waals surface area contributed by atoms with Crippen molar-refractivity contribution in [2.75, 3.05) is 23.8 Å². The van der Waals surface area contributed by atoms with Crippen molar-refractivity contribution in [3.8, 4) is 0 Å². The number of aromatic carboxylic acids is 1. The number of nitrogens with zero attached hydrogens (tertiary/aromatic N) is 2. The molecule has 206 valence electrons. The Labute approximate surface area is 235 Å². The fraction of sp³-hybridized carbons (Fsp3) is 0.276. The molecule has 0 aliphatic carbocycles. The van der Waals surface area contributed by atoms with Gasteiger partial charge in [0.2, 0.25) is 11.8 Å². The molecule has 1 fully saturated rings. The Morgan fingerprint density at radius 2 is 1.90 bits per heavy atom. The third-order valence-electron chi connectivity index (χ3n) is 7.06. The average molecular weight is 563 g/mol. The number of aromatic nitrogens is 1. The molecule has 1 atom stereocenters. The van der Waals surface area contributed by atoms with E-state index >= 15 is 0 Å². The highest BCUT2D eigenvalue weighted by Gasteiger charge is 2.36. The van der Waals surface area contributed by atoms with E-state index in [9.17, 15) is 24.3 Å². The van der Waals surface area contributed by atoms with E-state index in [-0.39, 0.29) is 41.6 Å². The minimum atomic E-state index is -1.20. The maximum absolute atomic E-state index is 13.8. The molecular weight excluding hydrogens is 536 g/mol. The minimum Gasteiger partial charge on any atom is -0.478 e. The highest BCUT2D eigenvalue weighted by atomic mass is 35.5. The zero-order chi connectivity index (χ0) is 28.2. The molecule has 0 radical (unpaired) electrons. The van der Waals surface area contributed by atoms with Gasteiger partial charge in [0.15, 0.2) is 0 Å². The van der Waals surface area contributed by atoms with Crippen molar-refractivity contribution in [1.29, 1.82) is 0 Å². The summed E-state index contributed by atoms with van der Waals surface area (Å²) in [6, 6.07) is 13.6. The molecular formula is C29H27ClN4O6. The molecule has 11 heteroatoms. The van der Waals surface area contributed by atoms with E-state index in [0.29, 0.717) is 48.0 Å².